The first-order chi connectivity index (χ1) is 9.35. The quantitative estimate of drug-likeness (QED) is 0.915. The molecule has 0 aliphatic heterocycles. The van der Waals surface area contributed by atoms with E-state index in [2.05, 4.69) is 35.2 Å². The van der Waals surface area contributed by atoms with E-state index < -0.39 is 12.1 Å². The van der Waals surface area contributed by atoms with E-state index in [9.17, 15) is 9.59 Å². The second kappa shape index (κ2) is 7.05. The van der Waals surface area contributed by atoms with Crippen LogP contribution >= 0.6 is 0 Å². The molecule has 1 aromatic rings. The van der Waals surface area contributed by atoms with Crippen molar-refractivity contribution in [2.24, 2.45) is 0 Å². The monoisotopic (exact) mass is 278 g/mol. The largest absolute Gasteiger partial charge is 0.453 e. The molecular formula is C15H22N2O3. The van der Waals surface area contributed by atoms with Gasteiger partial charge in [0.1, 0.15) is 0 Å². The van der Waals surface area contributed by atoms with E-state index in [1.807, 2.05) is 18.9 Å². The molecule has 0 saturated carbocycles. The summed E-state index contributed by atoms with van der Waals surface area (Å²) in [6.07, 6.45) is -0.734. The standard InChI is InChI=1S/C15H22N2O3/c1-10-6-7-13(11(2)8-10)9-17(4)12(3)14(18)16-15(19)20-5/h6-8,12H,9H2,1-5H3,(H,16,18,19)/t12-/m0/s1. The number of aryl methyl sites for hydroxylation is 2. The summed E-state index contributed by atoms with van der Waals surface area (Å²) in [7, 11) is 3.08. The number of carbonyl (C=O) groups is 2. The van der Waals surface area contributed by atoms with E-state index >= 15 is 0 Å². The summed E-state index contributed by atoms with van der Waals surface area (Å²) < 4.78 is 4.41. The molecule has 0 unspecified atom stereocenters. The predicted molar refractivity (Wildman–Crippen MR) is 77.4 cm³/mol. The number of methoxy groups -OCH3 is 1. The maximum absolute atomic E-state index is 11.8. The third-order valence-corrected chi connectivity index (χ3v) is 3.37. The zero-order valence-corrected chi connectivity index (χ0v) is 12.7. The summed E-state index contributed by atoms with van der Waals surface area (Å²) >= 11 is 0. The lowest BCUT2D eigenvalue weighted by Gasteiger charge is -2.24. The summed E-state index contributed by atoms with van der Waals surface area (Å²) in [5, 5.41) is 2.18. The van der Waals surface area contributed by atoms with Crippen molar-refractivity contribution in [2.75, 3.05) is 14.2 Å². The average Bonchev–Trinajstić information content (AvgIpc) is 2.40. The molecule has 0 heterocycles. The van der Waals surface area contributed by atoms with Gasteiger partial charge in [0.25, 0.3) is 0 Å². The van der Waals surface area contributed by atoms with Crippen molar-refractivity contribution in [3.8, 4) is 0 Å². The first-order valence-corrected chi connectivity index (χ1v) is 6.50. The first-order valence-electron chi connectivity index (χ1n) is 6.50. The van der Waals surface area contributed by atoms with E-state index in [1.54, 1.807) is 6.92 Å². The summed E-state index contributed by atoms with van der Waals surface area (Å²) in [6.45, 7) is 6.49. The van der Waals surface area contributed by atoms with Crippen molar-refractivity contribution < 1.29 is 14.3 Å². The molecule has 0 spiro atoms. The fourth-order valence-electron chi connectivity index (χ4n) is 1.89. The third kappa shape index (κ3) is 4.35. The van der Waals surface area contributed by atoms with Gasteiger partial charge in [0, 0.05) is 6.54 Å². The lowest BCUT2D eigenvalue weighted by molar-refractivity contribution is -0.124. The Bertz CT molecular complexity index is 500. The molecule has 0 radical (unpaired) electrons. The van der Waals surface area contributed by atoms with Gasteiger partial charge in [-0.05, 0) is 38.9 Å². The van der Waals surface area contributed by atoms with Crippen molar-refractivity contribution >= 4 is 12.0 Å². The van der Waals surface area contributed by atoms with Crippen LogP contribution in [0, 0.1) is 13.8 Å². The molecule has 5 nitrogen and oxygen atoms in total. The number of imide groups is 1. The minimum atomic E-state index is -0.734. The van der Waals surface area contributed by atoms with E-state index in [-0.39, 0.29) is 5.91 Å². The van der Waals surface area contributed by atoms with Crippen LogP contribution in [0.2, 0.25) is 0 Å². The number of hydrogen-bond acceptors (Lipinski definition) is 4. The lowest BCUT2D eigenvalue weighted by atomic mass is 10.0. The van der Waals surface area contributed by atoms with Crippen LogP contribution in [0.4, 0.5) is 4.79 Å². The maximum Gasteiger partial charge on any atom is 0.413 e. The van der Waals surface area contributed by atoms with Gasteiger partial charge in [0.05, 0.1) is 13.2 Å². The predicted octanol–water partition coefficient (Wildman–Crippen LogP) is 2.01. The molecule has 0 aliphatic carbocycles. The van der Waals surface area contributed by atoms with Gasteiger partial charge in [-0.1, -0.05) is 23.8 Å². The van der Waals surface area contributed by atoms with Crippen LogP contribution in [0.15, 0.2) is 18.2 Å². The lowest BCUT2D eigenvalue weighted by Crippen LogP contribution is -2.45. The number of likely N-dealkylation sites (N-methyl/N-ethyl adjacent to an activating group) is 1. The van der Waals surface area contributed by atoms with Gasteiger partial charge in [-0.2, -0.15) is 0 Å². The molecule has 1 aromatic carbocycles. The van der Waals surface area contributed by atoms with Crippen LogP contribution < -0.4 is 5.32 Å². The number of alkyl carbamates (subject to hydrolysis) is 1. The average molecular weight is 278 g/mol. The van der Waals surface area contributed by atoms with Gasteiger partial charge >= 0.3 is 6.09 Å². The van der Waals surface area contributed by atoms with Gasteiger partial charge in [-0.15, -0.1) is 0 Å². The Balaban J connectivity index is 2.67. The summed E-state index contributed by atoms with van der Waals surface area (Å²) in [5.74, 6) is -0.371. The number of nitrogens with one attached hydrogen (secondary N) is 1. The Morgan fingerprint density at radius 3 is 2.55 bits per heavy atom. The van der Waals surface area contributed by atoms with Crippen molar-refractivity contribution in [1.29, 1.82) is 0 Å². The molecule has 1 atom stereocenters. The van der Waals surface area contributed by atoms with Gasteiger partial charge < -0.3 is 4.74 Å². The molecule has 0 saturated heterocycles. The van der Waals surface area contributed by atoms with E-state index in [0.29, 0.717) is 6.54 Å². The minimum Gasteiger partial charge on any atom is -0.453 e. The van der Waals surface area contributed by atoms with Gasteiger partial charge in [0.15, 0.2) is 0 Å². The number of carbonyl (C=O) groups excluding carboxylic acids is 2. The Labute approximate surface area is 119 Å². The van der Waals surface area contributed by atoms with Crippen molar-refractivity contribution in [3.63, 3.8) is 0 Å². The fourth-order valence-corrected chi connectivity index (χ4v) is 1.89. The number of ether oxygens (including phenoxy) is 1. The molecule has 20 heavy (non-hydrogen) atoms. The summed E-state index contributed by atoms with van der Waals surface area (Å²) in [6, 6.07) is 5.80. The highest BCUT2D eigenvalue weighted by Gasteiger charge is 2.20. The molecule has 0 fully saturated rings. The maximum atomic E-state index is 11.8. The minimum absolute atomic E-state index is 0.371. The fraction of sp³-hybridized carbons (Fsp3) is 0.467. The van der Waals surface area contributed by atoms with Gasteiger partial charge in [0.2, 0.25) is 5.91 Å². The zero-order chi connectivity index (χ0) is 15.3. The second-order valence-corrected chi connectivity index (χ2v) is 5.00. The smallest absolute Gasteiger partial charge is 0.413 e. The Morgan fingerprint density at radius 2 is 2.00 bits per heavy atom. The molecule has 110 valence electrons. The second-order valence-electron chi connectivity index (χ2n) is 5.00. The zero-order valence-electron chi connectivity index (χ0n) is 12.7. The van der Waals surface area contributed by atoms with E-state index in [0.717, 1.165) is 5.56 Å². The SMILES string of the molecule is COC(=O)NC(=O)[C@H](C)N(C)Cc1ccc(C)cc1C. The van der Waals surface area contributed by atoms with Crippen LogP contribution in [-0.4, -0.2) is 37.1 Å². The topological polar surface area (TPSA) is 58.6 Å². The Kier molecular flexibility index (Phi) is 5.70. The summed E-state index contributed by atoms with van der Waals surface area (Å²) in [4.78, 5) is 24.7. The van der Waals surface area contributed by atoms with E-state index in [1.165, 1.54) is 18.2 Å². The molecular weight excluding hydrogens is 256 g/mol. The molecule has 1 N–H and O–H groups in total. The number of hydrogen-bond donors (Lipinski definition) is 1. The number of nitrogens with zero attached hydrogens (tertiary/aromatic N) is 1. The van der Waals surface area contributed by atoms with Crippen LogP contribution in [0.25, 0.3) is 0 Å². The number of benzene rings is 1. The van der Waals surface area contributed by atoms with Gasteiger partial charge in [-0.3, -0.25) is 15.0 Å². The highest BCUT2D eigenvalue weighted by molar-refractivity contribution is 5.94. The highest BCUT2D eigenvalue weighted by Crippen LogP contribution is 2.13. The number of rotatable bonds is 4. The van der Waals surface area contributed by atoms with Crippen LogP contribution in [0.1, 0.15) is 23.6 Å². The van der Waals surface area contributed by atoms with Crippen molar-refractivity contribution in [3.05, 3.63) is 34.9 Å². The van der Waals surface area contributed by atoms with Crippen molar-refractivity contribution in [2.45, 2.75) is 33.4 Å². The van der Waals surface area contributed by atoms with Crippen molar-refractivity contribution in [1.82, 2.24) is 10.2 Å². The van der Waals surface area contributed by atoms with Crippen LogP contribution in [0.5, 0.6) is 0 Å². The molecule has 0 bridgehead atoms. The molecule has 5 heteroatoms. The normalized spacial score (nSPS) is 12.1. The molecule has 2 amide bonds. The van der Waals surface area contributed by atoms with Gasteiger partial charge in [-0.25, -0.2) is 4.79 Å². The Morgan fingerprint density at radius 1 is 1.35 bits per heavy atom. The Hall–Kier alpha value is -1.88. The molecule has 0 aliphatic rings. The first kappa shape index (κ1) is 16.2. The summed E-state index contributed by atoms with van der Waals surface area (Å²) in [5.41, 5.74) is 3.57. The van der Waals surface area contributed by atoms with E-state index in [4.69, 9.17) is 0 Å². The van der Waals surface area contributed by atoms with Crippen LogP contribution in [0.3, 0.4) is 0 Å². The third-order valence-electron chi connectivity index (χ3n) is 3.37. The molecule has 1 rings (SSSR count). The number of amides is 2. The highest BCUT2D eigenvalue weighted by atomic mass is 16.5. The van der Waals surface area contributed by atoms with Crippen LogP contribution in [-0.2, 0) is 16.1 Å². The molecule has 0 aromatic heterocycles.